The van der Waals surface area contributed by atoms with Crippen molar-refractivity contribution in [1.29, 1.82) is 0 Å². The molecule has 0 radical (unpaired) electrons. The molecule has 2 aromatic rings. The molecule has 2 amide bonds. The number of hydrogen-bond acceptors (Lipinski definition) is 3. The van der Waals surface area contributed by atoms with Gasteiger partial charge in [-0.1, -0.05) is 48.0 Å². The van der Waals surface area contributed by atoms with Gasteiger partial charge in [-0.2, -0.15) is 0 Å². The molecule has 2 N–H and O–H groups in total. The second-order valence-corrected chi connectivity index (χ2v) is 7.14. The average molecular weight is 365 g/mol. The highest BCUT2D eigenvalue weighted by molar-refractivity contribution is 5.95. The van der Waals surface area contributed by atoms with Gasteiger partial charge in [-0.15, -0.1) is 0 Å². The number of amides is 2. The van der Waals surface area contributed by atoms with Crippen LogP contribution in [0.3, 0.4) is 0 Å². The molecule has 5 nitrogen and oxygen atoms in total. The van der Waals surface area contributed by atoms with Gasteiger partial charge in [0.1, 0.15) is 0 Å². The molecule has 27 heavy (non-hydrogen) atoms. The van der Waals surface area contributed by atoms with E-state index in [9.17, 15) is 9.59 Å². The fraction of sp³-hybridized carbons (Fsp3) is 0.364. The standard InChI is InChI=1S/C22H27N3O2/c1-17-9-11-18(12-10-17)20-8-5-14-24(20)16-22(27)25(15-13-21(23)26)19-6-3-2-4-7-19/h2-4,6-7,9-12,20H,5,8,13-16H2,1H3,(H2,23,26). The van der Waals surface area contributed by atoms with Crippen molar-refractivity contribution >= 4 is 17.5 Å². The van der Waals surface area contributed by atoms with Crippen molar-refractivity contribution in [2.75, 3.05) is 24.5 Å². The smallest absolute Gasteiger partial charge is 0.241 e. The van der Waals surface area contributed by atoms with E-state index in [1.807, 2.05) is 30.3 Å². The van der Waals surface area contributed by atoms with Gasteiger partial charge in [-0.25, -0.2) is 0 Å². The Morgan fingerprint density at radius 2 is 1.81 bits per heavy atom. The quantitative estimate of drug-likeness (QED) is 0.820. The molecule has 1 aliphatic heterocycles. The number of primary amides is 1. The van der Waals surface area contributed by atoms with E-state index in [-0.39, 0.29) is 18.4 Å². The third kappa shape index (κ3) is 4.95. The number of hydrogen-bond donors (Lipinski definition) is 1. The molecule has 0 aliphatic carbocycles. The molecule has 1 heterocycles. The maximum absolute atomic E-state index is 13.1. The number of likely N-dealkylation sites (tertiary alicyclic amines) is 1. The summed E-state index contributed by atoms with van der Waals surface area (Å²) in [5.41, 5.74) is 8.60. The summed E-state index contributed by atoms with van der Waals surface area (Å²) in [6.07, 6.45) is 2.30. The summed E-state index contributed by atoms with van der Waals surface area (Å²) in [7, 11) is 0. The van der Waals surface area contributed by atoms with Gasteiger partial charge in [0, 0.05) is 24.7 Å². The summed E-state index contributed by atoms with van der Waals surface area (Å²) in [5.74, 6) is -0.399. The summed E-state index contributed by atoms with van der Waals surface area (Å²) in [6.45, 7) is 3.63. The summed E-state index contributed by atoms with van der Waals surface area (Å²) < 4.78 is 0. The van der Waals surface area contributed by atoms with E-state index in [1.165, 1.54) is 11.1 Å². The number of nitrogens with two attached hydrogens (primary N) is 1. The fourth-order valence-electron chi connectivity index (χ4n) is 3.67. The first-order valence-electron chi connectivity index (χ1n) is 9.49. The third-order valence-corrected chi connectivity index (χ3v) is 5.11. The van der Waals surface area contributed by atoms with E-state index in [1.54, 1.807) is 4.90 Å². The Kier molecular flexibility index (Phi) is 6.24. The Hall–Kier alpha value is -2.66. The molecular formula is C22H27N3O2. The lowest BCUT2D eigenvalue weighted by Crippen LogP contribution is -2.41. The zero-order valence-electron chi connectivity index (χ0n) is 15.8. The number of carbonyl (C=O) groups excluding carboxylic acids is 2. The normalized spacial score (nSPS) is 17.0. The molecule has 1 atom stereocenters. The second kappa shape index (κ2) is 8.82. The largest absolute Gasteiger partial charge is 0.370 e. The van der Waals surface area contributed by atoms with Crippen LogP contribution in [0.1, 0.15) is 36.4 Å². The van der Waals surface area contributed by atoms with E-state index in [4.69, 9.17) is 5.73 Å². The highest BCUT2D eigenvalue weighted by Gasteiger charge is 2.29. The number of para-hydroxylation sites is 1. The molecule has 0 saturated carbocycles. The van der Waals surface area contributed by atoms with Crippen molar-refractivity contribution in [3.63, 3.8) is 0 Å². The lowest BCUT2D eigenvalue weighted by Gasteiger charge is -2.28. The van der Waals surface area contributed by atoms with Crippen molar-refractivity contribution < 1.29 is 9.59 Å². The van der Waals surface area contributed by atoms with Gasteiger partial charge >= 0.3 is 0 Å². The summed E-state index contributed by atoms with van der Waals surface area (Å²) in [5, 5.41) is 0. The molecule has 1 saturated heterocycles. The van der Waals surface area contributed by atoms with Crippen LogP contribution in [0.25, 0.3) is 0 Å². The number of anilines is 1. The van der Waals surface area contributed by atoms with E-state index in [0.717, 1.165) is 25.1 Å². The van der Waals surface area contributed by atoms with Crippen molar-refractivity contribution in [3.8, 4) is 0 Å². The SMILES string of the molecule is Cc1ccc(C2CCCN2CC(=O)N(CCC(N)=O)c2ccccc2)cc1. The maximum Gasteiger partial charge on any atom is 0.241 e. The summed E-state index contributed by atoms with van der Waals surface area (Å²) in [4.78, 5) is 28.2. The second-order valence-electron chi connectivity index (χ2n) is 7.14. The Bertz CT molecular complexity index is 774. The zero-order chi connectivity index (χ0) is 19.2. The number of benzene rings is 2. The van der Waals surface area contributed by atoms with Crippen LogP contribution in [0.5, 0.6) is 0 Å². The van der Waals surface area contributed by atoms with Crippen LogP contribution in [-0.4, -0.2) is 36.3 Å². The minimum atomic E-state index is -0.401. The first-order chi connectivity index (χ1) is 13.0. The Morgan fingerprint density at radius 3 is 2.48 bits per heavy atom. The van der Waals surface area contributed by atoms with Crippen molar-refractivity contribution in [2.24, 2.45) is 5.73 Å². The molecule has 5 heteroatoms. The van der Waals surface area contributed by atoms with Crippen LogP contribution >= 0.6 is 0 Å². The van der Waals surface area contributed by atoms with Crippen LogP contribution in [0.4, 0.5) is 5.69 Å². The predicted molar refractivity (Wildman–Crippen MR) is 107 cm³/mol. The van der Waals surface area contributed by atoms with Gasteiger partial charge < -0.3 is 10.6 Å². The van der Waals surface area contributed by atoms with Gasteiger partial charge in [-0.3, -0.25) is 14.5 Å². The van der Waals surface area contributed by atoms with Crippen LogP contribution in [-0.2, 0) is 9.59 Å². The van der Waals surface area contributed by atoms with Gasteiger partial charge in [0.05, 0.1) is 6.54 Å². The van der Waals surface area contributed by atoms with Crippen molar-refractivity contribution in [3.05, 3.63) is 65.7 Å². The summed E-state index contributed by atoms with van der Waals surface area (Å²) >= 11 is 0. The Labute approximate surface area is 160 Å². The summed E-state index contributed by atoms with van der Waals surface area (Å²) in [6, 6.07) is 18.3. The van der Waals surface area contributed by atoms with Crippen molar-refractivity contribution in [2.45, 2.75) is 32.2 Å². The molecular weight excluding hydrogens is 338 g/mol. The Morgan fingerprint density at radius 1 is 1.11 bits per heavy atom. The first kappa shape index (κ1) is 19.1. The highest BCUT2D eigenvalue weighted by Crippen LogP contribution is 2.32. The molecule has 142 valence electrons. The third-order valence-electron chi connectivity index (χ3n) is 5.11. The van der Waals surface area contributed by atoms with Crippen LogP contribution < -0.4 is 10.6 Å². The highest BCUT2D eigenvalue weighted by atomic mass is 16.2. The van der Waals surface area contributed by atoms with E-state index in [0.29, 0.717) is 13.1 Å². The fourth-order valence-corrected chi connectivity index (χ4v) is 3.67. The maximum atomic E-state index is 13.1. The van der Waals surface area contributed by atoms with Gasteiger partial charge in [0.25, 0.3) is 0 Å². The number of aryl methyl sites for hydroxylation is 1. The van der Waals surface area contributed by atoms with Gasteiger partial charge in [0.2, 0.25) is 11.8 Å². The zero-order valence-corrected chi connectivity index (χ0v) is 15.8. The molecule has 1 aliphatic rings. The van der Waals surface area contributed by atoms with Crippen molar-refractivity contribution in [1.82, 2.24) is 4.90 Å². The van der Waals surface area contributed by atoms with E-state index >= 15 is 0 Å². The number of carbonyl (C=O) groups is 2. The lowest BCUT2D eigenvalue weighted by molar-refractivity contribution is -0.120. The first-order valence-corrected chi connectivity index (χ1v) is 9.49. The Balaban J connectivity index is 1.73. The van der Waals surface area contributed by atoms with Crippen LogP contribution in [0.15, 0.2) is 54.6 Å². The monoisotopic (exact) mass is 365 g/mol. The van der Waals surface area contributed by atoms with Gasteiger partial charge in [0.15, 0.2) is 0 Å². The lowest BCUT2D eigenvalue weighted by atomic mass is 10.0. The van der Waals surface area contributed by atoms with E-state index < -0.39 is 5.91 Å². The van der Waals surface area contributed by atoms with E-state index in [2.05, 4.69) is 36.1 Å². The molecule has 0 spiro atoms. The topological polar surface area (TPSA) is 66.6 Å². The van der Waals surface area contributed by atoms with Crippen LogP contribution in [0.2, 0.25) is 0 Å². The minimum absolute atomic E-state index is 0.00135. The predicted octanol–water partition coefficient (Wildman–Crippen LogP) is 3.04. The van der Waals surface area contributed by atoms with Gasteiger partial charge in [-0.05, 0) is 44.0 Å². The number of nitrogens with zero attached hydrogens (tertiary/aromatic N) is 2. The molecule has 1 fully saturated rings. The molecule has 1 unspecified atom stereocenters. The molecule has 2 aromatic carbocycles. The van der Waals surface area contributed by atoms with Crippen LogP contribution in [0, 0.1) is 6.92 Å². The number of rotatable bonds is 7. The molecule has 0 aromatic heterocycles. The molecule has 0 bridgehead atoms. The minimum Gasteiger partial charge on any atom is -0.370 e. The molecule has 3 rings (SSSR count). The average Bonchev–Trinajstić information content (AvgIpc) is 3.11.